The molecule has 178 valence electrons. The third-order valence-electron chi connectivity index (χ3n) is 6.31. The molecule has 4 aromatic rings. The summed E-state index contributed by atoms with van der Waals surface area (Å²) in [4.78, 5) is 5.28. The third kappa shape index (κ3) is 4.03. The number of aryl methyl sites for hydroxylation is 1. The SMILES string of the molecule is Fc1cc(CCC2(C(F)F)CC2)cc(N(CC(F)F)c2nc3nncn3c3cccc(F)c23)c1. The molecule has 5 rings (SSSR count). The van der Waals surface area contributed by atoms with Gasteiger partial charge in [0.15, 0.2) is 0 Å². The standard InChI is InChI=1S/C23H19F6N5/c24-14-8-13(4-5-23(6-7-23)21(28)29)9-15(10-14)33(11-18(26)27)20-19-16(25)2-1-3-17(19)34-12-30-32-22(34)31-20/h1-3,8-10,12,18,21H,4-7,11H2. The van der Waals surface area contributed by atoms with E-state index in [2.05, 4.69) is 15.2 Å². The van der Waals surface area contributed by atoms with Crippen molar-refractivity contribution in [2.75, 3.05) is 11.4 Å². The molecule has 11 heteroatoms. The lowest BCUT2D eigenvalue weighted by Crippen LogP contribution is -2.26. The summed E-state index contributed by atoms with van der Waals surface area (Å²) in [6.07, 6.45) is -2.90. The summed E-state index contributed by atoms with van der Waals surface area (Å²) in [5.74, 6) is -1.55. The van der Waals surface area contributed by atoms with Gasteiger partial charge in [-0.25, -0.2) is 26.3 Å². The normalized spacial score (nSPS) is 15.1. The maximum absolute atomic E-state index is 14.9. The van der Waals surface area contributed by atoms with Gasteiger partial charge in [-0.3, -0.25) is 4.40 Å². The van der Waals surface area contributed by atoms with Crippen molar-refractivity contribution >= 4 is 28.2 Å². The average molecular weight is 479 g/mol. The Morgan fingerprint density at radius 1 is 1.06 bits per heavy atom. The Bertz CT molecular complexity index is 1350. The molecule has 34 heavy (non-hydrogen) atoms. The molecule has 0 unspecified atom stereocenters. The van der Waals surface area contributed by atoms with Crippen LogP contribution in [-0.4, -0.2) is 39.0 Å². The van der Waals surface area contributed by atoms with Crippen molar-refractivity contribution in [1.29, 1.82) is 0 Å². The van der Waals surface area contributed by atoms with E-state index in [0.29, 0.717) is 23.9 Å². The molecule has 0 atom stereocenters. The first kappa shape index (κ1) is 22.4. The van der Waals surface area contributed by atoms with Crippen LogP contribution < -0.4 is 4.90 Å². The summed E-state index contributed by atoms with van der Waals surface area (Å²) in [6.45, 7) is -0.898. The molecule has 0 N–H and O–H groups in total. The number of rotatable bonds is 8. The second-order valence-corrected chi connectivity index (χ2v) is 8.55. The number of benzene rings is 2. The molecule has 0 amide bonds. The van der Waals surface area contributed by atoms with Crippen molar-refractivity contribution in [2.45, 2.75) is 38.5 Å². The van der Waals surface area contributed by atoms with E-state index in [9.17, 15) is 26.3 Å². The second kappa shape index (κ2) is 8.44. The van der Waals surface area contributed by atoms with Gasteiger partial charge in [0.1, 0.15) is 23.8 Å². The molecule has 2 aromatic heterocycles. The highest BCUT2D eigenvalue weighted by Gasteiger charge is 2.50. The maximum atomic E-state index is 14.9. The van der Waals surface area contributed by atoms with Gasteiger partial charge in [0.05, 0.1) is 17.4 Å². The zero-order valence-corrected chi connectivity index (χ0v) is 17.7. The van der Waals surface area contributed by atoms with Gasteiger partial charge in [-0.15, -0.1) is 10.2 Å². The van der Waals surface area contributed by atoms with E-state index < -0.39 is 36.4 Å². The van der Waals surface area contributed by atoms with Crippen molar-refractivity contribution in [1.82, 2.24) is 19.6 Å². The van der Waals surface area contributed by atoms with E-state index in [-0.39, 0.29) is 35.5 Å². The molecular weight excluding hydrogens is 460 g/mol. The van der Waals surface area contributed by atoms with Gasteiger partial charge in [-0.2, -0.15) is 4.98 Å². The van der Waals surface area contributed by atoms with Crippen molar-refractivity contribution in [2.24, 2.45) is 5.41 Å². The Morgan fingerprint density at radius 2 is 1.85 bits per heavy atom. The molecule has 2 aromatic carbocycles. The lowest BCUT2D eigenvalue weighted by molar-refractivity contribution is 0.0566. The van der Waals surface area contributed by atoms with E-state index >= 15 is 0 Å². The van der Waals surface area contributed by atoms with Gasteiger partial charge >= 0.3 is 0 Å². The van der Waals surface area contributed by atoms with E-state index in [1.165, 1.54) is 35.0 Å². The fourth-order valence-electron chi connectivity index (χ4n) is 4.27. The lowest BCUT2D eigenvalue weighted by Gasteiger charge is -2.26. The first-order valence-electron chi connectivity index (χ1n) is 10.7. The predicted octanol–water partition coefficient (Wildman–Crippen LogP) is 5.94. The minimum absolute atomic E-state index is 0.0121. The third-order valence-corrected chi connectivity index (χ3v) is 6.31. The van der Waals surface area contributed by atoms with Crippen LogP contribution in [0.3, 0.4) is 0 Å². The minimum atomic E-state index is -2.86. The number of alkyl halides is 4. The van der Waals surface area contributed by atoms with E-state index in [4.69, 9.17) is 0 Å². The Morgan fingerprint density at radius 3 is 2.56 bits per heavy atom. The number of nitrogens with zero attached hydrogens (tertiary/aromatic N) is 5. The van der Waals surface area contributed by atoms with Crippen molar-refractivity contribution < 1.29 is 26.3 Å². The van der Waals surface area contributed by atoms with Gasteiger partial charge in [0, 0.05) is 11.1 Å². The lowest BCUT2D eigenvalue weighted by atomic mass is 9.97. The first-order valence-corrected chi connectivity index (χ1v) is 10.7. The summed E-state index contributed by atoms with van der Waals surface area (Å²) in [6, 6.07) is 7.87. The van der Waals surface area contributed by atoms with Crippen LogP contribution >= 0.6 is 0 Å². The molecule has 5 nitrogen and oxygen atoms in total. The van der Waals surface area contributed by atoms with Crippen molar-refractivity contribution in [3.8, 4) is 0 Å². The first-order chi connectivity index (χ1) is 16.3. The zero-order valence-electron chi connectivity index (χ0n) is 17.7. The number of halogens is 6. The van der Waals surface area contributed by atoms with Gasteiger partial charge in [-0.1, -0.05) is 6.07 Å². The number of anilines is 2. The van der Waals surface area contributed by atoms with E-state index in [1.54, 1.807) is 6.07 Å². The summed E-state index contributed by atoms with van der Waals surface area (Å²) in [5, 5.41) is 7.54. The molecule has 1 aliphatic carbocycles. The number of hydrogen-bond acceptors (Lipinski definition) is 4. The molecule has 2 heterocycles. The smallest absolute Gasteiger partial charge is 0.257 e. The highest BCUT2D eigenvalue weighted by atomic mass is 19.3. The molecular formula is C23H19F6N5. The number of fused-ring (bicyclic) bond motifs is 3. The van der Waals surface area contributed by atoms with Crippen LogP contribution in [0.4, 0.5) is 37.8 Å². The van der Waals surface area contributed by atoms with Crippen LogP contribution in [0.25, 0.3) is 16.7 Å². The quantitative estimate of drug-likeness (QED) is 0.294. The van der Waals surface area contributed by atoms with Crippen LogP contribution in [0.2, 0.25) is 0 Å². The molecule has 0 radical (unpaired) electrons. The minimum Gasteiger partial charge on any atom is -0.320 e. The highest BCUT2D eigenvalue weighted by molar-refractivity contribution is 5.94. The van der Waals surface area contributed by atoms with Crippen LogP contribution in [0.5, 0.6) is 0 Å². The Balaban J connectivity index is 1.61. The molecule has 0 saturated heterocycles. The summed E-state index contributed by atoms with van der Waals surface area (Å²) in [5.41, 5.74) is -0.365. The van der Waals surface area contributed by atoms with Gasteiger partial charge in [0.2, 0.25) is 6.43 Å². The monoisotopic (exact) mass is 479 g/mol. The fraction of sp³-hybridized carbons (Fsp3) is 0.348. The molecule has 1 fully saturated rings. The number of aromatic nitrogens is 4. The molecule has 0 aliphatic heterocycles. The van der Waals surface area contributed by atoms with E-state index in [1.807, 2.05) is 0 Å². The van der Waals surface area contributed by atoms with Crippen molar-refractivity contribution in [3.05, 3.63) is 59.9 Å². The van der Waals surface area contributed by atoms with Crippen LogP contribution in [0, 0.1) is 17.0 Å². The highest BCUT2D eigenvalue weighted by Crippen LogP contribution is 2.54. The summed E-state index contributed by atoms with van der Waals surface area (Å²) >= 11 is 0. The van der Waals surface area contributed by atoms with E-state index in [0.717, 1.165) is 11.0 Å². The zero-order chi connectivity index (χ0) is 24.0. The molecule has 0 spiro atoms. The second-order valence-electron chi connectivity index (χ2n) is 8.55. The van der Waals surface area contributed by atoms with Gasteiger partial charge in [0.25, 0.3) is 12.2 Å². The van der Waals surface area contributed by atoms with Gasteiger partial charge in [-0.05, 0) is 61.6 Å². The molecule has 1 saturated carbocycles. The maximum Gasteiger partial charge on any atom is 0.257 e. The average Bonchev–Trinajstić information content (AvgIpc) is 3.44. The van der Waals surface area contributed by atoms with Crippen LogP contribution in [-0.2, 0) is 6.42 Å². The summed E-state index contributed by atoms with van der Waals surface area (Å²) in [7, 11) is 0. The van der Waals surface area contributed by atoms with Gasteiger partial charge < -0.3 is 4.90 Å². The molecule has 1 aliphatic rings. The molecule has 0 bridgehead atoms. The Labute approximate surface area is 190 Å². The number of hydrogen-bond donors (Lipinski definition) is 0. The van der Waals surface area contributed by atoms with Crippen molar-refractivity contribution in [3.63, 3.8) is 0 Å². The Kier molecular flexibility index (Phi) is 5.57. The predicted molar refractivity (Wildman–Crippen MR) is 114 cm³/mol. The fourth-order valence-corrected chi connectivity index (χ4v) is 4.27. The Hall–Kier alpha value is -3.37. The summed E-state index contributed by atoms with van der Waals surface area (Å²) < 4.78 is 84.8. The van der Waals surface area contributed by atoms with Crippen LogP contribution in [0.15, 0.2) is 42.7 Å². The largest absolute Gasteiger partial charge is 0.320 e. The van der Waals surface area contributed by atoms with Crippen LogP contribution in [0.1, 0.15) is 24.8 Å². The topological polar surface area (TPSA) is 46.3 Å².